The predicted molar refractivity (Wildman–Crippen MR) is 103 cm³/mol. The predicted octanol–water partition coefficient (Wildman–Crippen LogP) is 6.28. The number of unbranched alkanes of at least 4 members (excludes halogenated alkanes) is 5. The molecule has 0 fully saturated rings. The van der Waals surface area contributed by atoms with E-state index >= 15 is 0 Å². The maximum absolute atomic E-state index is 4.26. The Kier molecular flexibility index (Phi) is 7.11. The minimum atomic E-state index is 0.946. The molecule has 0 aromatic heterocycles. The Labute approximate surface area is 140 Å². The van der Waals surface area contributed by atoms with Crippen molar-refractivity contribution in [2.75, 3.05) is 16.8 Å². The summed E-state index contributed by atoms with van der Waals surface area (Å²) in [5.74, 6) is 2.30. The zero-order valence-corrected chi connectivity index (χ0v) is 14.7. The van der Waals surface area contributed by atoms with Crippen LogP contribution in [-0.4, -0.2) is 11.5 Å². The van der Waals surface area contributed by atoms with Crippen LogP contribution in [0.5, 0.6) is 0 Å². The third-order valence-electron chi connectivity index (χ3n) is 4.15. The molecule has 0 amide bonds. The number of fused-ring (bicyclic) bond motifs is 1. The van der Waals surface area contributed by atoms with Gasteiger partial charge in [0.2, 0.25) is 0 Å². The number of nitrogens with one attached hydrogen (secondary N) is 1. The highest BCUT2D eigenvalue weighted by Crippen LogP contribution is 2.30. The van der Waals surface area contributed by atoms with Crippen molar-refractivity contribution < 1.29 is 0 Å². The van der Waals surface area contributed by atoms with Crippen LogP contribution in [0.15, 0.2) is 37.1 Å². The molecule has 1 nitrogen and oxygen atoms in total. The van der Waals surface area contributed by atoms with Crippen LogP contribution in [-0.2, 0) is 6.42 Å². The highest BCUT2D eigenvalue weighted by Gasteiger charge is 2.13. The molecule has 0 saturated heterocycles. The minimum Gasteiger partial charge on any atom is -0.359 e. The monoisotopic (exact) mass is 315 g/mol. The lowest BCUT2D eigenvalue weighted by Gasteiger charge is -2.08. The van der Waals surface area contributed by atoms with E-state index in [0.29, 0.717) is 0 Å². The van der Waals surface area contributed by atoms with E-state index in [2.05, 4.69) is 43.6 Å². The summed E-state index contributed by atoms with van der Waals surface area (Å²) in [4.78, 5) is 0. The van der Waals surface area contributed by atoms with E-state index in [1.54, 1.807) is 0 Å². The second-order valence-electron chi connectivity index (χ2n) is 6.20. The first-order chi connectivity index (χ1) is 10.7. The minimum absolute atomic E-state index is 0.946. The van der Waals surface area contributed by atoms with Crippen LogP contribution in [0, 0.1) is 0 Å². The fraction of sp³-hybridized carbons (Fsp3) is 0.500. The number of allylic oxidation sites excluding steroid dienone is 1. The molecule has 0 atom stereocenters. The molecular formula is C20H29NS. The van der Waals surface area contributed by atoms with Crippen molar-refractivity contribution in [2.45, 2.75) is 51.9 Å². The van der Waals surface area contributed by atoms with Crippen molar-refractivity contribution in [3.8, 4) is 0 Å². The Bertz CT molecular complexity index is 518. The normalized spacial score (nSPS) is 13.0. The zero-order valence-electron chi connectivity index (χ0n) is 13.9. The molecule has 1 N–H and O–H groups in total. The van der Waals surface area contributed by atoms with Gasteiger partial charge >= 0.3 is 0 Å². The van der Waals surface area contributed by atoms with Gasteiger partial charge in [-0.05, 0) is 41.0 Å². The molecular weight excluding hydrogens is 286 g/mol. The van der Waals surface area contributed by atoms with Crippen LogP contribution in [0.1, 0.15) is 56.6 Å². The Balaban J connectivity index is 1.66. The Morgan fingerprint density at radius 3 is 2.77 bits per heavy atom. The first kappa shape index (κ1) is 17.2. The summed E-state index contributed by atoms with van der Waals surface area (Å²) < 4.78 is 0. The molecule has 0 aliphatic carbocycles. The lowest BCUT2D eigenvalue weighted by molar-refractivity contribution is 0.627. The van der Waals surface area contributed by atoms with Crippen molar-refractivity contribution in [2.24, 2.45) is 0 Å². The third-order valence-corrected chi connectivity index (χ3v) is 5.28. The van der Waals surface area contributed by atoms with E-state index in [4.69, 9.17) is 0 Å². The van der Waals surface area contributed by atoms with Crippen LogP contribution in [0.3, 0.4) is 0 Å². The quantitative estimate of drug-likeness (QED) is 0.510. The largest absolute Gasteiger partial charge is 0.359 e. The second kappa shape index (κ2) is 9.09. The fourth-order valence-electron chi connectivity index (χ4n) is 2.81. The molecule has 0 spiro atoms. The molecule has 1 aliphatic heterocycles. The van der Waals surface area contributed by atoms with Gasteiger partial charge in [-0.2, -0.15) is 11.8 Å². The van der Waals surface area contributed by atoms with Gasteiger partial charge in [-0.3, -0.25) is 0 Å². The number of benzene rings is 1. The molecule has 120 valence electrons. The van der Waals surface area contributed by atoms with Crippen molar-refractivity contribution in [1.29, 1.82) is 0 Å². The second-order valence-corrected chi connectivity index (χ2v) is 7.31. The first-order valence-electron chi connectivity index (χ1n) is 8.54. The summed E-state index contributed by atoms with van der Waals surface area (Å²) in [5.41, 5.74) is 6.18. The fourth-order valence-corrected chi connectivity index (χ4v) is 3.78. The van der Waals surface area contributed by atoms with E-state index in [1.807, 2.05) is 11.8 Å². The summed E-state index contributed by atoms with van der Waals surface area (Å²) in [5, 5.41) is 3.31. The van der Waals surface area contributed by atoms with Crippen LogP contribution in [0.2, 0.25) is 0 Å². The highest BCUT2D eigenvalue weighted by molar-refractivity contribution is 7.99. The van der Waals surface area contributed by atoms with Crippen LogP contribution in [0.25, 0.3) is 5.57 Å². The molecule has 0 unspecified atom stereocenters. The summed E-state index contributed by atoms with van der Waals surface area (Å²) in [6.07, 6.45) is 9.20. The molecule has 1 aromatic rings. The standard InChI is InChI=1S/C20H29NS/c1-4-5-6-7-8-9-12-22-15-16(2)18-10-11-20-19(14-18)13-17(3)21-20/h10-11,14,21H,2-9,12-13,15H2,1H3. The smallest absolute Gasteiger partial charge is 0.0418 e. The maximum atomic E-state index is 4.26. The summed E-state index contributed by atoms with van der Waals surface area (Å²) in [6, 6.07) is 6.61. The van der Waals surface area contributed by atoms with Gasteiger partial charge in [0.1, 0.15) is 0 Å². The molecule has 1 aliphatic rings. The van der Waals surface area contributed by atoms with Gasteiger partial charge in [-0.15, -0.1) is 0 Å². The van der Waals surface area contributed by atoms with Crippen LogP contribution >= 0.6 is 11.8 Å². The van der Waals surface area contributed by atoms with Crippen molar-refractivity contribution in [1.82, 2.24) is 0 Å². The Hall–Kier alpha value is -1.15. The summed E-state index contributed by atoms with van der Waals surface area (Å²) >= 11 is 2.02. The van der Waals surface area contributed by atoms with E-state index in [9.17, 15) is 0 Å². The van der Waals surface area contributed by atoms with Gasteiger partial charge in [0, 0.05) is 23.6 Å². The molecule has 2 heteroatoms. The van der Waals surface area contributed by atoms with Crippen LogP contribution < -0.4 is 5.32 Å². The molecule has 22 heavy (non-hydrogen) atoms. The van der Waals surface area contributed by atoms with Crippen molar-refractivity contribution in [3.63, 3.8) is 0 Å². The van der Waals surface area contributed by atoms with E-state index in [-0.39, 0.29) is 0 Å². The highest BCUT2D eigenvalue weighted by atomic mass is 32.2. The molecule has 1 aromatic carbocycles. The molecule has 0 saturated carbocycles. The number of thioether (sulfide) groups is 1. The average molecular weight is 316 g/mol. The molecule has 0 bridgehead atoms. The van der Waals surface area contributed by atoms with Crippen molar-refractivity contribution >= 4 is 23.0 Å². The number of anilines is 1. The summed E-state index contributed by atoms with van der Waals surface area (Å²) in [6.45, 7) is 10.5. The van der Waals surface area contributed by atoms with E-state index in [1.165, 1.54) is 66.7 Å². The third kappa shape index (κ3) is 5.24. The van der Waals surface area contributed by atoms with Gasteiger partial charge < -0.3 is 5.32 Å². The lowest BCUT2D eigenvalue weighted by Crippen LogP contribution is -1.91. The molecule has 2 rings (SSSR count). The van der Waals surface area contributed by atoms with E-state index < -0.39 is 0 Å². The SMILES string of the molecule is C=C1Cc2cc(C(=C)CSCCCCCCCC)ccc2N1. The first-order valence-corrected chi connectivity index (χ1v) is 9.69. The van der Waals surface area contributed by atoms with Gasteiger partial charge in [0.25, 0.3) is 0 Å². The number of hydrogen-bond donors (Lipinski definition) is 1. The summed E-state index contributed by atoms with van der Waals surface area (Å²) in [7, 11) is 0. The van der Waals surface area contributed by atoms with Crippen molar-refractivity contribution in [3.05, 3.63) is 48.2 Å². The van der Waals surface area contributed by atoms with Gasteiger partial charge in [-0.1, -0.05) is 58.3 Å². The topological polar surface area (TPSA) is 12.0 Å². The zero-order chi connectivity index (χ0) is 15.8. The number of hydrogen-bond acceptors (Lipinski definition) is 2. The Morgan fingerprint density at radius 2 is 1.95 bits per heavy atom. The Morgan fingerprint density at radius 1 is 1.18 bits per heavy atom. The lowest BCUT2D eigenvalue weighted by atomic mass is 10.0. The van der Waals surface area contributed by atoms with E-state index in [0.717, 1.165) is 17.9 Å². The average Bonchev–Trinajstić information content (AvgIpc) is 2.88. The van der Waals surface area contributed by atoms with Gasteiger partial charge in [0.15, 0.2) is 0 Å². The van der Waals surface area contributed by atoms with Gasteiger partial charge in [-0.25, -0.2) is 0 Å². The molecule has 0 radical (unpaired) electrons. The van der Waals surface area contributed by atoms with Crippen LogP contribution in [0.4, 0.5) is 5.69 Å². The molecule has 1 heterocycles. The maximum Gasteiger partial charge on any atom is 0.0418 e. The van der Waals surface area contributed by atoms with Gasteiger partial charge in [0.05, 0.1) is 0 Å². The number of rotatable bonds is 10.